The summed E-state index contributed by atoms with van der Waals surface area (Å²) in [4.78, 5) is 24.3. The maximum atomic E-state index is 13.6. The summed E-state index contributed by atoms with van der Waals surface area (Å²) in [5.74, 6) is -0.925. The molecule has 150 valence electrons. The predicted molar refractivity (Wildman–Crippen MR) is 108 cm³/mol. The first-order valence-corrected chi connectivity index (χ1v) is 9.28. The summed E-state index contributed by atoms with van der Waals surface area (Å²) in [6.45, 7) is 3.92. The average Bonchev–Trinajstić information content (AvgIpc) is 2.71. The van der Waals surface area contributed by atoms with Crippen molar-refractivity contribution in [3.63, 3.8) is 0 Å². The first-order chi connectivity index (χ1) is 13.9. The number of aryl methyl sites for hydroxylation is 1. The van der Waals surface area contributed by atoms with Gasteiger partial charge in [-0.15, -0.1) is 0 Å². The third kappa shape index (κ3) is 5.28. The van der Waals surface area contributed by atoms with Crippen molar-refractivity contribution < 1.29 is 13.9 Å². The van der Waals surface area contributed by atoms with Crippen molar-refractivity contribution >= 4 is 5.91 Å². The molecule has 6 nitrogen and oxygen atoms in total. The molecule has 0 aliphatic rings. The van der Waals surface area contributed by atoms with Gasteiger partial charge in [0.15, 0.2) is 17.7 Å². The summed E-state index contributed by atoms with van der Waals surface area (Å²) in [5, 5.41) is 7.04. The fourth-order valence-corrected chi connectivity index (χ4v) is 2.70. The molecule has 1 aromatic heterocycles. The van der Waals surface area contributed by atoms with Crippen molar-refractivity contribution in [2.24, 2.45) is 0 Å². The maximum Gasteiger partial charge on any atom is 0.266 e. The second-order valence-electron chi connectivity index (χ2n) is 6.63. The number of carbonyl (C=O) groups is 1. The monoisotopic (exact) mass is 395 g/mol. The van der Waals surface area contributed by atoms with E-state index >= 15 is 0 Å². The zero-order valence-corrected chi connectivity index (χ0v) is 16.3. The quantitative estimate of drug-likeness (QED) is 0.668. The van der Waals surface area contributed by atoms with Gasteiger partial charge in [-0.25, -0.2) is 9.07 Å². The SMILES string of the molecule is Cc1ccc(-c2ccc(=O)n(CCNC(=O)C(C)Oc3ccccc3F)n2)cc1. The van der Waals surface area contributed by atoms with Crippen molar-refractivity contribution in [3.8, 4) is 17.0 Å². The molecule has 29 heavy (non-hydrogen) atoms. The van der Waals surface area contributed by atoms with Crippen LogP contribution in [0.1, 0.15) is 12.5 Å². The van der Waals surface area contributed by atoms with E-state index in [0.717, 1.165) is 11.1 Å². The summed E-state index contributed by atoms with van der Waals surface area (Å²) in [7, 11) is 0. The van der Waals surface area contributed by atoms with E-state index < -0.39 is 17.8 Å². The molecule has 0 saturated carbocycles. The fraction of sp³-hybridized carbons (Fsp3) is 0.227. The zero-order chi connectivity index (χ0) is 20.8. The fourth-order valence-electron chi connectivity index (χ4n) is 2.70. The van der Waals surface area contributed by atoms with Crippen molar-refractivity contribution in [3.05, 3.63) is 82.4 Å². The van der Waals surface area contributed by atoms with Crippen molar-refractivity contribution in [1.29, 1.82) is 0 Å². The minimum atomic E-state index is -0.879. The lowest BCUT2D eigenvalue weighted by molar-refractivity contribution is -0.127. The van der Waals surface area contributed by atoms with Crippen molar-refractivity contribution in [2.45, 2.75) is 26.5 Å². The van der Waals surface area contributed by atoms with E-state index in [0.29, 0.717) is 5.69 Å². The lowest BCUT2D eigenvalue weighted by Crippen LogP contribution is -2.39. The Balaban J connectivity index is 1.59. The largest absolute Gasteiger partial charge is 0.478 e. The highest BCUT2D eigenvalue weighted by atomic mass is 19.1. The van der Waals surface area contributed by atoms with E-state index in [2.05, 4.69) is 10.4 Å². The van der Waals surface area contributed by atoms with Gasteiger partial charge in [0.05, 0.1) is 12.2 Å². The number of para-hydroxylation sites is 1. The van der Waals surface area contributed by atoms with Gasteiger partial charge in [0.25, 0.3) is 11.5 Å². The van der Waals surface area contributed by atoms with Crippen LogP contribution in [0.3, 0.4) is 0 Å². The number of aromatic nitrogens is 2. The molecule has 1 amide bonds. The molecule has 0 bridgehead atoms. The summed E-state index contributed by atoms with van der Waals surface area (Å²) in [6.07, 6.45) is -0.879. The normalized spacial score (nSPS) is 11.7. The van der Waals surface area contributed by atoms with Gasteiger partial charge in [-0.2, -0.15) is 5.10 Å². The van der Waals surface area contributed by atoms with Gasteiger partial charge in [0, 0.05) is 18.2 Å². The van der Waals surface area contributed by atoms with Gasteiger partial charge in [-0.3, -0.25) is 9.59 Å². The molecule has 0 aliphatic heterocycles. The Morgan fingerprint density at radius 3 is 2.59 bits per heavy atom. The molecule has 0 spiro atoms. The third-order valence-electron chi connectivity index (χ3n) is 4.35. The second-order valence-corrected chi connectivity index (χ2v) is 6.63. The number of amides is 1. The van der Waals surface area contributed by atoms with Crippen LogP contribution >= 0.6 is 0 Å². The Labute approximate surface area is 168 Å². The van der Waals surface area contributed by atoms with Crippen molar-refractivity contribution in [1.82, 2.24) is 15.1 Å². The maximum absolute atomic E-state index is 13.6. The molecule has 0 aliphatic carbocycles. The van der Waals surface area contributed by atoms with Gasteiger partial charge >= 0.3 is 0 Å². The van der Waals surface area contributed by atoms with Gasteiger partial charge < -0.3 is 10.1 Å². The molecule has 0 saturated heterocycles. The van der Waals surface area contributed by atoms with Crippen molar-refractivity contribution in [2.75, 3.05) is 6.54 Å². The molecule has 3 rings (SSSR count). The number of benzene rings is 2. The van der Waals surface area contributed by atoms with E-state index in [9.17, 15) is 14.0 Å². The van der Waals surface area contributed by atoms with Crippen LogP contribution in [0.25, 0.3) is 11.3 Å². The second kappa shape index (κ2) is 9.14. The average molecular weight is 395 g/mol. The van der Waals surface area contributed by atoms with Crippen LogP contribution in [0.15, 0.2) is 65.5 Å². The number of ether oxygens (including phenoxy) is 1. The lowest BCUT2D eigenvalue weighted by atomic mass is 10.1. The van der Waals surface area contributed by atoms with Crippen LogP contribution in [-0.2, 0) is 11.3 Å². The minimum Gasteiger partial charge on any atom is -0.478 e. The highest BCUT2D eigenvalue weighted by molar-refractivity contribution is 5.80. The molecule has 1 N–H and O–H groups in total. The Bertz CT molecular complexity index is 1050. The number of halogens is 1. The number of nitrogens with one attached hydrogen (secondary N) is 1. The van der Waals surface area contributed by atoms with E-state index in [1.165, 1.54) is 29.8 Å². The smallest absolute Gasteiger partial charge is 0.266 e. The van der Waals surface area contributed by atoms with E-state index in [1.807, 2.05) is 31.2 Å². The number of nitrogens with zero attached hydrogens (tertiary/aromatic N) is 2. The number of hydrogen-bond acceptors (Lipinski definition) is 4. The van der Waals surface area contributed by atoms with Gasteiger partial charge in [0.2, 0.25) is 0 Å². The topological polar surface area (TPSA) is 73.2 Å². The van der Waals surface area contributed by atoms with E-state index in [-0.39, 0.29) is 24.4 Å². The number of hydrogen-bond donors (Lipinski definition) is 1. The molecule has 3 aromatic rings. The van der Waals surface area contributed by atoms with Gasteiger partial charge in [-0.05, 0) is 32.0 Å². The van der Waals surface area contributed by atoms with Crippen LogP contribution < -0.4 is 15.6 Å². The first kappa shape index (κ1) is 20.3. The molecular weight excluding hydrogens is 373 g/mol. The molecule has 1 atom stereocenters. The summed E-state index contributed by atoms with van der Waals surface area (Å²) >= 11 is 0. The van der Waals surface area contributed by atoms with Crippen LogP contribution in [0.5, 0.6) is 5.75 Å². The predicted octanol–water partition coefficient (Wildman–Crippen LogP) is 2.94. The highest BCUT2D eigenvalue weighted by Crippen LogP contribution is 2.17. The molecule has 0 radical (unpaired) electrons. The molecule has 7 heteroatoms. The van der Waals surface area contributed by atoms with Gasteiger partial charge in [-0.1, -0.05) is 42.0 Å². The Morgan fingerprint density at radius 1 is 1.14 bits per heavy atom. The molecular formula is C22H22FN3O3. The van der Waals surface area contributed by atoms with Crippen LogP contribution in [0.2, 0.25) is 0 Å². The van der Waals surface area contributed by atoms with E-state index in [1.54, 1.807) is 18.2 Å². The number of carbonyl (C=O) groups excluding carboxylic acids is 1. The van der Waals surface area contributed by atoms with Crippen LogP contribution in [0.4, 0.5) is 4.39 Å². The molecule has 1 heterocycles. The summed E-state index contributed by atoms with van der Waals surface area (Å²) in [6, 6.07) is 16.8. The van der Waals surface area contributed by atoms with Crippen LogP contribution in [0, 0.1) is 12.7 Å². The Morgan fingerprint density at radius 2 is 1.86 bits per heavy atom. The molecule has 1 unspecified atom stereocenters. The number of rotatable bonds is 7. The first-order valence-electron chi connectivity index (χ1n) is 9.28. The summed E-state index contributed by atoms with van der Waals surface area (Å²) in [5.41, 5.74) is 2.45. The van der Waals surface area contributed by atoms with Crippen LogP contribution in [-0.4, -0.2) is 28.3 Å². The highest BCUT2D eigenvalue weighted by Gasteiger charge is 2.16. The minimum absolute atomic E-state index is 0.0128. The molecule has 0 fully saturated rings. The van der Waals surface area contributed by atoms with E-state index in [4.69, 9.17) is 4.74 Å². The lowest BCUT2D eigenvalue weighted by Gasteiger charge is -2.15. The molecule has 2 aromatic carbocycles. The zero-order valence-electron chi connectivity index (χ0n) is 16.3. The third-order valence-corrected chi connectivity index (χ3v) is 4.35. The summed E-state index contributed by atoms with van der Waals surface area (Å²) < 4.78 is 20.3. The Hall–Kier alpha value is -3.48. The Kier molecular flexibility index (Phi) is 6.39. The standard InChI is InChI=1S/C22H22FN3O3/c1-15-7-9-17(10-8-15)19-11-12-21(27)26(25-19)14-13-24-22(28)16(2)29-20-6-4-3-5-18(20)23/h3-12,16H,13-14H2,1-2H3,(H,24,28). The van der Waals surface area contributed by atoms with Gasteiger partial charge in [0.1, 0.15) is 0 Å².